The lowest BCUT2D eigenvalue weighted by Crippen LogP contribution is -2.33. The highest BCUT2D eigenvalue weighted by atomic mass is 16.5. The molecular weight excluding hydrogens is 326 g/mol. The van der Waals surface area contributed by atoms with E-state index in [4.69, 9.17) is 15.2 Å². The second-order valence-electron chi connectivity index (χ2n) is 5.98. The number of aromatic hydroxyl groups is 4. The number of phenolic OH excluding ortho intramolecular Hbond substituents is 4. The molecule has 0 fully saturated rings. The molecule has 1 aliphatic heterocycles. The normalized spacial score (nSPS) is 19.2. The highest BCUT2D eigenvalue weighted by Gasteiger charge is 2.34. The van der Waals surface area contributed by atoms with E-state index in [0.717, 1.165) is 0 Å². The largest absolute Gasteiger partial charge is 0.508 e. The standard InChI is InChI=1S/C18H21NO6/c19-4-1-5-24-17-9-12-14(22)7-11(20)8-16(12)25-18(17)10-2-3-13(21)15(23)6-10/h2-3,6-8,17-18,20-23H,1,4-5,9,19H2. The second-order valence-corrected chi connectivity index (χ2v) is 5.98. The van der Waals surface area contributed by atoms with Crippen molar-refractivity contribution in [2.45, 2.75) is 25.0 Å². The van der Waals surface area contributed by atoms with Crippen LogP contribution in [0.15, 0.2) is 30.3 Å². The van der Waals surface area contributed by atoms with Crippen LogP contribution in [0.1, 0.15) is 23.7 Å². The molecule has 0 radical (unpaired) electrons. The van der Waals surface area contributed by atoms with E-state index >= 15 is 0 Å². The van der Waals surface area contributed by atoms with Crippen molar-refractivity contribution in [1.29, 1.82) is 0 Å². The van der Waals surface area contributed by atoms with Crippen molar-refractivity contribution in [1.82, 2.24) is 0 Å². The molecular formula is C18H21NO6. The first-order valence-corrected chi connectivity index (χ1v) is 8.04. The van der Waals surface area contributed by atoms with Crippen LogP contribution in [0, 0.1) is 0 Å². The van der Waals surface area contributed by atoms with E-state index in [2.05, 4.69) is 0 Å². The smallest absolute Gasteiger partial charge is 0.157 e. The molecule has 0 spiro atoms. The van der Waals surface area contributed by atoms with Gasteiger partial charge in [-0.15, -0.1) is 0 Å². The Morgan fingerprint density at radius 2 is 1.84 bits per heavy atom. The molecule has 0 saturated heterocycles. The van der Waals surface area contributed by atoms with Gasteiger partial charge < -0.3 is 35.6 Å². The fraction of sp³-hybridized carbons (Fsp3) is 0.333. The highest BCUT2D eigenvalue weighted by molar-refractivity contribution is 5.52. The van der Waals surface area contributed by atoms with Gasteiger partial charge in [0.1, 0.15) is 23.4 Å². The predicted octanol–water partition coefficient (Wildman–Crippen LogP) is 1.92. The number of hydrogen-bond donors (Lipinski definition) is 5. The van der Waals surface area contributed by atoms with Gasteiger partial charge in [-0.25, -0.2) is 0 Å². The number of ether oxygens (including phenoxy) is 2. The van der Waals surface area contributed by atoms with Gasteiger partial charge in [0.2, 0.25) is 0 Å². The number of rotatable bonds is 5. The van der Waals surface area contributed by atoms with Crippen molar-refractivity contribution in [2.24, 2.45) is 5.73 Å². The Balaban J connectivity index is 1.95. The van der Waals surface area contributed by atoms with Crippen molar-refractivity contribution >= 4 is 0 Å². The fourth-order valence-electron chi connectivity index (χ4n) is 2.91. The summed E-state index contributed by atoms with van der Waals surface area (Å²) in [6.07, 6.45) is 0.0629. The molecule has 7 heteroatoms. The first-order chi connectivity index (χ1) is 12.0. The minimum absolute atomic E-state index is 0.0607. The third-order valence-electron chi connectivity index (χ3n) is 4.18. The third kappa shape index (κ3) is 3.57. The summed E-state index contributed by atoms with van der Waals surface area (Å²) in [6.45, 7) is 0.924. The first kappa shape index (κ1) is 17.2. The maximum Gasteiger partial charge on any atom is 0.157 e. The highest BCUT2D eigenvalue weighted by Crippen LogP contribution is 2.43. The van der Waals surface area contributed by atoms with Crippen LogP contribution >= 0.6 is 0 Å². The molecule has 134 valence electrons. The van der Waals surface area contributed by atoms with Gasteiger partial charge in [0, 0.05) is 30.7 Å². The lowest BCUT2D eigenvalue weighted by atomic mass is 9.93. The summed E-state index contributed by atoms with van der Waals surface area (Å²) in [5, 5.41) is 39.0. The summed E-state index contributed by atoms with van der Waals surface area (Å²) in [4.78, 5) is 0. The van der Waals surface area contributed by atoms with Crippen molar-refractivity contribution in [3.63, 3.8) is 0 Å². The monoisotopic (exact) mass is 347 g/mol. The average molecular weight is 347 g/mol. The van der Waals surface area contributed by atoms with Crippen molar-refractivity contribution in [2.75, 3.05) is 13.2 Å². The molecule has 0 saturated carbocycles. The van der Waals surface area contributed by atoms with Crippen LogP contribution in [0.5, 0.6) is 28.7 Å². The maximum absolute atomic E-state index is 10.1. The molecule has 1 heterocycles. The second kappa shape index (κ2) is 7.08. The van der Waals surface area contributed by atoms with Gasteiger partial charge in [-0.3, -0.25) is 0 Å². The van der Waals surface area contributed by atoms with Gasteiger partial charge in [0.25, 0.3) is 0 Å². The molecule has 2 aromatic carbocycles. The molecule has 2 aromatic rings. The van der Waals surface area contributed by atoms with E-state index in [1.807, 2.05) is 0 Å². The lowest BCUT2D eigenvalue weighted by Gasteiger charge is -2.34. The Hall–Kier alpha value is -2.64. The molecule has 0 aromatic heterocycles. The van der Waals surface area contributed by atoms with Crippen LogP contribution in [-0.2, 0) is 11.2 Å². The number of phenols is 4. The van der Waals surface area contributed by atoms with Crippen LogP contribution in [0.3, 0.4) is 0 Å². The van der Waals surface area contributed by atoms with Crippen LogP contribution in [-0.4, -0.2) is 39.7 Å². The zero-order valence-corrected chi connectivity index (χ0v) is 13.6. The molecule has 25 heavy (non-hydrogen) atoms. The topological polar surface area (TPSA) is 125 Å². The maximum atomic E-state index is 10.1. The van der Waals surface area contributed by atoms with Gasteiger partial charge in [-0.05, 0) is 30.7 Å². The van der Waals surface area contributed by atoms with Gasteiger partial charge in [-0.1, -0.05) is 6.07 Å². The summed E-state index contributed by atoms with van der Waals surface area (Å²) in [6, 6.07) is 7.10. The summed E-state index contributed by atoms with van der Waals surface area (Å²) in [7, 11) is 0. The number of nitrogens with two attached hydrogens (primary N) is 1. The zero-order chi connectivity index (χ0) is 18.0. The molecule has 2 atom stereocenters. The van der Waals surface area contributed by atoms with Crippen molar-refractivity contribution in [3.8, 4) is 28.7 Å². The Morgan fingerprint density at radius 3 is 2.56 bits per heavy atom. The van der Waals surface area contributed by atoms with Crippen LogP contribution in [0.2, 0.25) is 0 Å². The molecule has 3 rings (SSSR count). The van der Waals surface area contributed by atoms with Gasteiger partial charge in [0.15, 0.2) is 17.6 Å². The molecule has 6 N–H and O–H groups in total. The summed E-state index contributed by atoms with van der Waals surface area (Å²) < 4.78 is 11.8. The van der Waals surface area contributed by atoms with E-state index in [0.29, 0.717) is 42.9 Å². The predicted molar refractivity (Wildman–Crippen MR) is 90.0 cm³/mol. The summed E-state index contributed by atoms with van der Waals surface area (Å²) in [5.41, 5.74) is 6.67. The average Bonchev–Trinajstić information content (AvgIpc) is 2.57. The minimum atomic E-state index is -0.571. The SMILES string of the molecule is NCCCOC1Cc2c(O)cc(O)cc2OC1c1ccc(O)c(O)c1. The number of fused-ring (bicyclic) bond motifs is 1. The molecule has 7 nitrogen and oxygen atoms in total. The molecule has 1 aliphatic rings. The summed E-state index contributed by atoms with van der Waals surface area (Å²) in [5.74, 6) is -0.295. The lowest BCUT2D eigenvalue weighted by molar-refractivity contribution is -0.0384. The van der Waals surface area contributed by atoms with E-state index < -0.39 is 12.2 Å². The molecule has 0 aliphatic carbocycles. The van der Waals surface area contributed by atoms with E-state index in [1.165, 1.54) is 24.3 Å². The fourth-order valence-corrected chi connectivity index (χ4v) is 2.91. The van der Waals surface area contributed by atoms with E-state index in [9.17, 15) is 20.4 Å². The third-order valence-corrected chi connectivity index (χ3v) is 4.18. The quantitative estimate of drug-likeness (QED) is 0.413. The van der Waals surface area contributed by atoms with E-state index in [-0.39, 0.29) is 23.0 Å². The van der Waals surface area contributed by atoms with Crippen LogP contribution < -0.4 is 10.5 Å². The molecule has 2 unspecified atom stereocenters. The van der Waals surface area contributed by atoms with Crippen LogP contribution in [0.25, 0.3) is 0 Å². The van der Waals surface area contributed by atoms with Crippen molar-refractivity contribution in [3.05, 3.63) is 41.5 Å². The molecule has 0 bridgehead atoms. The number of hydrogen-bond acceptors (Lipinski definition) is 7. The summed E-state index contributed by atoms with van der Waals surface area (Å²) >= 11 is 0. The Kier molecular flexibility index (Phi) is 4.87. The van der Waals surface area contributed by atoms with Gasteiger partial charge in [0.05, 0.1) is 0 Å². The Morgan fingerprint density at radius 1 is 1.04 bits per heavy atom. The zero-order valence-electron chi connectivity index (χ0n) is 13.6. The molecule has 0 amide bonds. The first-order valence-electron chi connectivity index (χ1n) is 8.04. The van der Waals surface area contributed by atoms with Gasteiger partial charge >= 0.3 is 0 Å². The van der Waals surface area contributed by atoms with Crippen LogP contribution in [0.4, 0.5) is 0 Å². The Labute approximate surface area is 144 Å². The van der Waals surface area contributed by atoms with Gasteiger partial charge in [-0.2, -0.15) is 0 Å². The number of benzene rings is 2. The van der Waals surface area contributed by atoms with E-state index in [1.54, 1.807) is 6.07 Å². The van der Waals surface area contributed by atoms with Crippen molar-refractivity contribution < 1.29 is 29.9 Å². The minimum Gasteiger partial charge on any atom is -0.508 e. The Bertz CT molecular complexity index is 763.